The SMILES string of the molecule is Cc1cnc(N2CCN3C[C@H](OCCN(C)C)C[C@H]3C2)nc1. The van der Waals surface area contributed by atoms with E-state index >= 15 is 0 Å². The van der Waals surface area contributed by atoms with E-state index in [1.54, 1.807) is 0 Å². The van der Waals surface area contributed by atoms with Gasteiger partial charge in [-0.2, -0.15) is 0 Å². The van der Waals surface area contributed by atoms with E-state index < -0.39 is 0 Å². The lowest BCUT2D eigenvalue weighted by atomic mass is 10.1. The van der Waals surface area contributed by atoms with Gasteiger partial charge < -0.3 is 14.5 Å². The van der Waals surface area contributed by atoms with Crippen molar-refractivity contribution >= 4 is 5.95 Å². The Balaban J connectivity index is 1.52. The Morgan fingerprint density at radius 1 is 1.23 bits per heavy atom. The van der Waals surface area contributed by atoms with Crippen molar-refractivity contribution in [1.29, 1.82) is 0 Å². The van der Waals surface area contributed by atoms with Crippen LogP contribution in [0.4, 0.5) is 5.95 Å². The third kappa shape index (κ3) is 3.74. The van der Waals surface area contributed by atoms with Crippen LogP contribution in [0.2, 0.25) is 0 Å². The van der Waals surface area contributed by atoms with Crippen LogP contribution in [0, 0.1) is 6.92 Å². The van der Waals surface area contributed by atoms with Crippen LogP contribution in [0.5, 0.6) is 0 Å². The summed E-state index contributed by atoms with van der Waals surface area (Å²) in [5.74, 6) is 0.863. The summed E-state index contributed by atoms with van der Waals surface area (Å²) in [6, 6.07) is 0.572. The standard InChI is InChI=1S/C16H27N5O/c1-13-9-17-16(18-10-13)21-5-4-20-12-15(8-14(20)11-21)22-7-6-19(2)3/h9-10,14-15H,4-8,11-12H2,1-3H3/t14-,15+/m0/s1. The Morgan fingerprint density at radius 2 is 2.00 bits per heavy atom. The van der Waals surface area contributed by atoms with Crippen molar-refractivity contribution in [3.05, 3.63) is 18.0 Å². The highest BCUT2D eigenvalue weighted by atomic mass is 16.5. The van der Waals surface area contributed by atoms with Gasteiger partial charge >= 0.3 is 0 Å². The molecule has 2 aliphatic heterocycles. The topological polar surface area (TPSA) is 44.7 Å². The molecule has 1 aromatic heterocycles. The van der Waals surface area contributed by atoms with Crippen molar-refractivity contribution in [2.45, 2.75) is 25.5 Å². The number of rotatable bonds is 5. The normalized spacial score (nSPS) is 25.7. The van der Waals surface area contributed by atoms with E-state index in [1.165, 1.54) is 0 Å². The molecule has 0 spiro atoms. The van der Waals surface area contributed by atoms with E-state index in [2.05, 4.69) is 38.8 Å². The van der Waals surface area contributed by atoms with Crippen molar-refractivity contribution in [2.24, 2.45) is 0 Å². The number of fused-ring (bicyclic) bond motifs is 1. The number of likely N-dealkylation sites (N-methyl/N-ethyl adjacent to an activating group) is 1. The summed E-state index contributed by atoms with van der Waals surface area (Å²) in [5, 5.41) is 0. The van der Waals surface area contributed by atoms with Crippen molar-refractivity contribution in [1.82, 2.24) is 19.8 Å². The van der Waals surface area contributed by atoms with Gasteiger partial charge in [0.15, 0.2) is 0 Å². The van der Waals surface area contributed by atoms with Crippen LogP contribution < -0.4 is 4.90 Å². The summed E-state index contributed by atoms with van der Waals surface area (Å²) >= 11 is 0. The first kappa shape index (κ1) is 15.6. The van der Waals surface area contributed by atoms with Crippen LogP contribution >= 0.6 is 0 Å². The van der Waals surface area contributed by atoms with Crippen LogP contribution in [-0.2, 0) is 4.74 Å². The van der Waals surface area contributed by atoms with Crippen LogP contribution in [0.15, 0.2) is 12.4 Å². The zero-order chi connectivity index (χ0) is 15.5. The molecular weight excluding hydrogens is 278 g/mol. The smallest absolute Gasteiger partial charge is 0.225 e. The van der Waals surface area contributed by atoms with E-state index in [4.69, 9.17) is 4.74 Å². The number of anilines is 1. The molecule has 6 heteroatoms. The maximum Gasteiger partial charge on any atom is 0.225 e. The highest BCUT2D eigenvalue weighted by Gasteiger charge is 2.37. The molecule has 1 aromatic rings. The second kappa shape index (κ2) is 6.89. The van der Waals surface area contributed by atoms with E-state index in [9.17, 15) is 0 Å². The highest BCUT2D eigenvalue weighted by Crippen LogP contribution is 2.25. The molecule has 0 N–H and O–H groups in total. The van der Waals surface area contributed by atoms with Crippen molar-refractivity contribution in [2.75, 3.05) is 58.3 Å². The van der Waals surface area contributed by atoms with Gasteiger partial charge in [-0.3, -0.25) is 4.90 Å². The molecule has 6 nitrogen and oxygen atoms in total. The molecular formula is C16H27N5O. The molecule has 2 fully saturated rings. The fourth-order valence-electron chi connectivity index (χ4n) is 3.25. The summed E-state index contributed by atoms with van der Waals surface area (Å²) in [4.78, 5) is 16.0. The van der Waals surface area contributed by atoms with E-state index in [0.717, 1.165) is 57.3 Å². The van der Waals surface area contributed by atoms with Gasteiger partial charge in [-0.15, -0.1) is 0 Å². The van der Waals surface area contributed by atoms with Crippen molar-refractivity contribution < 1.29 is 4.74 Å². The van der Waals surface area contributed by atoms with Gasteiger partial charge in [0.1, 0.15) is 0 Å². The zero-order valence-electron chi connectivity index (χ0n) is 13.9. The Labute approximate surface area is 133 Å². The summed E-state index contributed by atoms with van der Waals surface area (Å²) in [6.45, 7) is 8.00. The van der Waals surface area contributed by atoms with Crippen LogP contribution in [0.1, 0.15) is 12.0 Å². The molecule has 22 heavy (non-hydrogen) atoms. The third-order valence-corrected chi connectivity index (χ3v) is 4.52. The molecule has 122 valence electrons. The molecule has 0 unspecified atom stereocenters. The second-order valence-electron chi connectivity index (χ2n) is 6.69. The number of piperazine rings is 1. The molecule has 0 amide bonds. The number of hydrogen-bond acceptors (Lipinski definition) is 6. The highest BCUT2D eigenvalue weighted by molar-refractivity contribution is 5.31. The quantitative estimate of drug-likeness (QED) is 0.795. The maximum absolute atomic E-state index is 6.03. The fourth-order valence-corrected chi connectivity index (χ4v) is 3.25. The van der Waals surface area contributed by atoms with Gasteiger partial charge in [0.25, 0.3) is 0 Å². The Hall–Kier alpha value is -1.24. The lowest BCUT2D eigenvalue weighted by molar-refractivity contribution is 0.0501. The lowest BCUT2D eigenvalue weighted by Crippen LogP contribution is -2.50. The molecule has 0 saturated carbocycles. The molecule has 3 heterocycles. The molecule has 2 saturated heterocycles. The molecule has 0 bridgehead atoms. The van der Waals surface area contributed by atoms with Crippen LogP contribution in [0.25, 0.3) is 0 Å². The predicted molar refractivity (Wildman–Crippen MR) is 87.3 cm³/mol. The van der Waals surface area contributed by atoms with Gasteiger partial charge in [-0.05, 0) is 33.0 Å². The Kier molecular flexibility index (Phi) is 4.90. The molecule has 2 atom stereocenters. The molecule has 0 radical (unpaired) electrons. The number of hydrogen-bond donors (Lipinski definition) is 0. The fraction of sp³-hybridized carbons (Fsp3) is 0.750. The average Bonchev–Trinajstić information content (AvgIpc) is 2.89. The molecule has 2 aliphatic rings. The summed E-state index contributed by atoms with van der Waals surface area (Å²) < 4.78 is 6.03. The van der Waals surface area contributed by atoms with Crippen molar-refractivity contribution in [3.8, 4) is 0 Å². The molecule has 3 rings (SSSR count). The third-order valence-electron chi connectivity index (χ3n) is 4.52. The summed E-state index contributed by atoms with van der Waals surface area (Å²) in [5.41, 5.74) is 1.11. The van der Waals surface area contributed by atoms with Gasteiger partial charge in [0.2, 0.25) is 5.95 Å². The maximum atomic E-state index is 6.03. The lowest BCUT2D eigenvalue weighted by Gasteiger charge is -2.37. The van der Waals surface area contributed by atoms with E-state index in [-0.39, 0.29) is 0 Å². The minimum absolute atomic E-state index is 0.379. The summed E-state index contributed by atoms with van der Waals surface area (Å²) in [7, 11) is 4.17. The first-order valence-corrected chi connectivity index (χ1v) is 8.16. The van der Waals surface area contributed by atoms with Crippen molar-refractivity contribution in [3.63, 3.8) is 0 Å². The van der Waals surface area contributed by atoms with Gasteiger partial charge in [-0.25, -0.2) is 9.97 Å². The Bertz CT molecular complexity index is 478. The molecule has 0 aromatic carbocycles. The van der Waals surface area contributed by atoms with Gasteiger partial charge in [-0.1, -0.05) is 0 Å². The predicted octanol–water partition coefficient (Wildman–Crippen LogP) is 0.626. The number of nitrogens with zero attached hydrogens (tertiary/aromatic N) is 5. The molecule has 0 aliphatic carbocycles. The van der Waals surface area contributed by atoms with E-state index in [0.29, 0.717) is 12.1 Å². The first-order valence-electron chi connectivity index (χ1n) is 8.16. The zero-order valence-corrected chi connectivity index (χ0v) is 13.9. The number of ether oxygens (including phenoxy) is 1. The van der Waals surface area contributed by atoms with Crippen LogP contribution in [0.3, 0.4) is 0 Å². The average molecular weight is 305 g/mol. The van der Waals surface area contributed by atoms with Gasteiger partial charge in [0.05, 0.1) is 12.7 Å². The number of aromatic nitrogens is 2. The van der Waals surface area contributed by atoms with Gasteiger partial charge in [0, 0.05) is 51.2 Å². The van der Waals surface area contributed by atoms with Crippen LogP contribution in [-0.4, -0.2) is 85.3 Å². The first-order chi connectivity index (χ1) is 10.6. The van der Waals surface area contributed by atoms with E-state index in [1.807, 2.05) is 19.3 Å². The Morgan fingerprint density at radius 3 is 2.73 bits per heavy atom. The minimum atomic E-state index is 0.379. The number of aryl methyl sites for hydroxylation is 1. The monoisotopic (exact) mass is 305 g/mol. The summed E-state index contributed by atoms with van der Waals surface area (Å²) in [6.07, 6.45) is 5.30. The second-order valence-corrected chi connectivity index (χ2v) is 6.69. The largest absolute Gasteiger partial charge is 0.375 e. The minimum Gasteiger partial charge on any atom is -0.375 e.